The number of Topliss-reactive ketones (excluding diaryl/α,β-unsaturated/α-hetero) is 5. The average Bonchev–Trinajstić information content (AvgIpc) is 3.93. The lowest BCUT2D eigenvalue weighted by Gasteiger charge is -2.29. The number of carbonyl (C=O) groups excluding carboxylic acids is 12. The summed E-state index contributed by atoms with van der Waals surface area (Å²) < 4.78 is 0. The molecule has 4 aliphatic rings. The molecule has 1 saturated carbocycles. The molecular weight excluding hydrogens is 985 g/mol. The van der Waals surface area contributed by atoms with Crippen LogP contribution in [0.5, 0.6) is 0 Å². The highest BCUT2D eigenvalue weighted by Crippen LogP contribution is 2.32. The number of thioether (sulfide) groups is 2. The Kier molecular flexibility index (Phi) is 30.5. The number of hydrogen-bond donors (Lipinski definition) is 1. The number of hydrogen-bond acceptors (Lipinski definition) is 14. The van der Waals surface area contributed by atoms with Crippen molar-refractivity contribution in [3.8, 4) is 0 Å². The summed E-state index contributed by atoms with van der Waals surface area (Å²) in [5.41, 5.74) is 1.41. The van der Waals surface area contributed by atoms with Crippen molar-refractivity contribution in [1.29, 1.82) is 0 Å². The van der Waals surface area contributed by atoms with Gasteiger partial charge in [-0.1, -0.05) is 103 Å². The van der Waals surface area contributed by atoms with Crippen LogP contribution in [0.2, 0.25) is 0 Å². The van der Waals surface area contributed by atoms with Crippen LogP contribution in [0, 0.1) is 41.4 Å². The molecule has 5 rings (SSSR count). The van der Waals surface area contributed by atoms with Crippen molar-refractivity contribution in [2.75, 3.05) is 36.5 Å². The summed E-state index contributed by atoms with van der Waals surface area (Å²) >= 11 is 2.63. The number of nitrogens with one attached hydrogen (secondary N) is 1. The molecule has 16 nitrogen and oxygen atoms in total. The van der Waals surface area contributed by atoms with Crippen LogP contribution in [-0.4, -0.2) is 127 Å². The van der Waals surface area contributed by atoms with Crippen LogP contribution in [-0.2, 0) is 52.7 Å². The monoisotopic (exact) mass is 1070 g/mol. The zero-order valence-electron chi connectivity index (χ0n) is 46.4. The van der Waals surface area contributed by atoms with Gasteiger partial charge in [-0.3, -0.25) is 72.2 Å². The molecule has 1 aromatic rings. The van der Waals surface area contributed by atoms with Crippen LogP contribution in [0.3, 0.4) is 0 Å². The van der Waals surface area contributed by atoms with Crippen LogP contribution in [0.1, 0.15) is 159 Å². The minimum atomic E-state index is -0.404. The molecule has 1 aromatic carbocycles. The third kappa shape index (κ3) is 23.2. The van der Waals surface area contributed by atoms with Crippen molar-refractivity contribution in [2.24, 2.45) is 41.4 Å². The van der Waals surface area contributed by atoms with E-state index in [0.717, 1.165) is 29.3 Å². The smallest absolute Gasteiger partial charge is 0.254 e. The van der Waals surface area contributed by atoms with Gasteiger partial charge in [0.15, 0.2) is 11.6 Å². The minimum Gasteiger partial charge on any atom is -0.326 e. The molecule has 2 saturated heterocycles. The van der Waals surface area contributed by atoms with E-state index in [1.807, 2.05) is 62.3 Å². The second-order valence-electron chi connectivity index (χ2n) is 20.4. The lowest BCUT2D eigenvalue weighted by molar-refractivity contribution is -0.141. The van der Waals surface area contributed by atoms with Gasteiger partial charge in [0.1, 0.15) is 17.3 Å². The van der Waals surface area contributed by atoms with E-state index < -0.39 is 11.8 Å². The van der Waals surface area contributed by atoms with E-state index in [9.17, 15) is 57.5 Å². The summed E-state index contributed by atoms with van der Waals surface area (Å²) in [5.74, 6) is 1.32. The van der Waals surface area contributed by atoms with Crippen LogP contribution in [0.25, 0.3) is 0 Å². The van der Waals surface area contributed by atoms with E-state index in [4.69, 9.17) is 0 Å². The summed E-state index contributed by atoms with van der Waals surface area (Å²) in [5, 5.41) is 2.04. The SMILES string of the molecule is CC(C)C(=O)CN1C(=O)C=CC1=O.CC1CCC(CN2C(=O)CC(SCC(=O)C(C)C)C2=O)CC1.CCC(=O)C(C)C.CCC(=O)Nc1ccc(C(=O)C(C)C)cc1.CCN1C(=O)CC(SCC(=O)C(C)C)C1=O. The van der Waals surface area contributed by atoms with Gasteiger partial charge in [0.2, 0.25) is 29.5 Å². The van der Waals surface area contributed by atoms with Gasteiger partial charge in [0.05, 0.1) is 28.6 Å². The molecule has 7 amide bonds. The highest BCUT2D eigenvalue weighted by atomic mass is 32.2. The van der Waals surface area contributed by atoms with Gasteiger partial charge in [0, 0.05) is 91.8 Å². The predicted molar refractivity (Wildman–Crippen MR) is 292 cm³/mol. The van der Waals surface area contributed by atoms with Gasteiger partial charge in [-0.25, -0.2) is 0 Å². The Morgan fingerprint density at radius 3 is 1.35 bits per heavy atom. The molecule has 0 aromatic heterocycles. The summed E-state index contributed by atoms with van der Waals surface area (Å²) in [6.45, 7) is 27.1. The Labute approximate surface area is 448 Å². The number of benzene rings is 1. The maximum absolute atomic E-state index is 12.4. The minimum absolute atomic E-state index is 0.00363. The normalized spacial score (nSPS) is 19.3. The number of nitrogens with zero attached hydrogens (tertiary/aromatic N) is 3. The first-order valence-electron chi connectivity index (χ1n) is 26.1. The first-order chi connectivity index (χ1) is 34.6. The van der Waals surface area contributed by atoms with Crippen molar-refractivity contribution in [3.63, 3.8) is 0 Å². The van der Waals surface area contributed by atoms with E-state index in [0.29, 0.717) is 54.7 Å². The van der Waals surface area contributed by atoms with Gasteiger partial charge >= 0.3 is 0 Å². The molecule has 2 unspecified atom stereocenters. The van der Waals surface area contributed by atoms with E-state index in [2.05, 4.69) is 12.2 Å². The molecule has 3 aliphatic heterocycles. The van der Waals surface area contributed by atoms with E-state index >= 15 is 0 Å². The maximum Gasteiger partial charge on any atom is 0.254 e. The Morgan fingerprint density at radius 1 is 0.554 bits per heavy atom. The Morgan fingerprint density at radius 2 is 0.986 bits per heavy atom. The summed E-state index contributed by atoms with van der Waals surface area (Å²) in [6, 6.07) is 6.99. The predicted octanol–water partition coefficient (Wildman–Crippen LogP) is 8.62. The van der Waals surface area contributed by atoms with Gasteiger partial charge in [-0.15, -0.1) is 23.5 Å². The second-order valence-corrected chi connectivity index (χ2v) is 22.8. The quantitative estimate of drug-likeness (QED) is 0.0953. The lowest BCUT2D eigenvalue weighted by Crippen LogP contribution is -2.37. The number of likely N-dealkylation sites (tertiary alicyclic amines) is 2. The summed E-state index contributed by atoms with van der Waals surface area (Å²) in [4.78, 5) is 141. The van der Waals surface area contributed by atoms with Crippen molar-refractivity contribution in [2.45, 2.75) is 159 Å². The molecule has 2 atom stereocenters. The highest BCUT2D eigenvalue weighted by molar-refractivity contribution is 8.01. The van der Waals surface area contributed by atoms with E-state index in [1.54, 1.807) is 52.0 Å². The topological polar surface area (TPSA) is 227 Å². The molecule has 3 fully saturated rings. The molecule has 1 N–H and O–H groups in total. The fourth-order valence-electron chi connectivity index (χ4n) is 7.19. The number of imide groups is 3. The summed E-state index contributed by atoms with van der Waals surface area (Å²) in [7, 11) is 0. The van der Waals surface area contributed by atoms with Crippen LogP contribution in [0.15, 0.2) is 36.4 Å². The van der Waals surface area contributed by atoms with Crippen molar-refractivity contribution in [3.05, 3.63) is 42.0 Å². The molecule has 18 heteroatoms. The zero-order chi connectivity index (χ0) is 56.6. The Hall–Kier alpha value is -5.10. The molecule has 0 spiro atoms. The number of ketones is 5. The number of amides is 7. The number of carbonyl (C=O) groups is 12. The Bertz CT molecular complexity index is 2140. The first kappa shape index (κ1) is 66.9. The molecular formula is C56H84N4O12S2. The van der Waals surface area contributed by atoms with Crippen LogP contribution < -0.4 is 5.32 Å². The maximum atomic E-state index is 12.4. The number of rotatable bonds is 20. The largest absolute Gasteiger partial charge is 0.326 e. The molecule has 3 heterocycles. The van der Waals surface area contributed by atoms with Gasteiger partial charge in [0.25, 0.3) is 11.8 Å². The third-order valence-corrected chi connectivity index (χ3v) is 15.0. The third-order valence-electron chi connectivity index (χ3n) is 12.6. The van der Waals surface area contributed by atoms with Crippen LogP contribution >= 0.6 is 23.5 Å². The van der Waals surface area contributed by atoms with Gasteiger partial charge in [-0.05, 0) is 55.9 Å². The standard InChI is InChI=1S/C17H27NO3S.C13H17NO2.C11H17NO3S.C9H11NO3.C6H12O/c1-11(2)14(19)10-22-15-8-16(20)18(17(15)21)9-13-6-4-12(3)5-7-13;1-4-12(15)14-11-7-5-10(6-8-11)13(16)9(2)3;1-4-12-10(14)5-9(11(12)15)16-6-8(13)7(2)3;1-6(2)7(11)5-10-8(12)3-4-9(10)13;1-4-6(7)5(2)3/h11-13,15H,4-10H2,1-3H3;5-9H,4H2,1-3H3,(H,14,15);7,9H,4-6H2,1-3H3;3-4,6H,5H2,1-2H3;5H,4H2,1-3H3. The highest BCUT2D eigenvalue weighted by Gasteiger charge is 2.41. The van der Waals surface area contributed by atoms with Gasteiger partial charge < -0.3 is 5.32 Å². The van der Waals surface area contributed by atoms with Crippen molar-refractivity contribution in [1.82, 2.24) is 14.7 Å². The molecule has 0 radical (unpaired) electrons. The molecule has 74 heavy (non-hydrogen) atoms. The van der Waals surface area contributed by atoms with E-state index in [-0.39, 0.29) is 112 Å². The average molecular weight is 1070 g/mol. The molecule has 0 bridgehead atoms. The zero-order valence-corrected chi connectivity index (χ0v) is 48.0. The van der Waals surface area contributed by atoms with Crippen LogP contribution in [0.4, 0.5) is 5.69 Å². The van der Waals surface area contributed by atoms with Gasteiger partial charge in [-0.2, -0.15) is 0 Å². The van der Waals surface area contributed by atoms with Crippen molar-refractivity contribution >= 4 is 99.5 Å². The molecule has 1 aliphatic carbocycles. The van der Waals surface area contributed by atoms with E-state index in [1.165, 1.54) is 58.3 Å². The lowest BCUT2D eigenvalue weighted by atomic mass is 9.83. The first-order valence-corrected chi connectivity index (χ1v) is 28.2. The van der Waals surface area contributed by atoms with Crippen molar-refractivity contribution < 1.29 is 57.5 Å². The summed E-state index contributed by atoms with van der Waals surface area (Å²) in [6.07, 6.45) is 8.60. The fourth-order valence-corrected chi connectivity index (χ4v) is 9.65. The second kappa shape index (κ2) is 33.7. The molecule has 412 valence electrons. The Balaban J connectivity index is 0.000000480. The number of anilines is 1. The fraction of sp³-hybridized carbons (Fsp3) is 0.643.